The molecule has 212 valence electrons. The minimum absolute atomic E-state index is 0.420. The Balaban J connectivity index is 1.37. The molecular weight excluding hydrogens is 563 g/mol. The fourth-order valence-corrected chi connectivity index (χ4v) is 10.2. The fraction of sp³-hybridized carbons (Fsp3) is 0.0233. The summed E-state index contributed by atoms with van der Waals surface area (Å²) in [6.45, 7) is 8.22. The number of benzene rings is 6. The van der Waals surface area contributed by atoms with E-state index in [1.807, 2.05) is 18.2 Å². The van der Waals surface area contributed by atoms with Crippen LogP contribution in [-0.4, -0.2) is 0 Å². The fourth-order valence-electron chi connectivity index (χ4n) is 7.95. The molecule has 0 fully saturated rings. The Kier molecular flexibility index (Phi) is 5.76. The van der Waals surface area contributed by atoms with Crippen molar-refractivity contribution in [2.45, 2.75) is 5.41 Å². The van der Waals surface area contributed by atoms with Crippen molar-refractivity contribution in [3.63, 3.8) is 0 Å². The molecule has 0 saturated carbocycles. The Bertz CT molecular complexity index is 2370. The SMILES string of the molecule is C=C/C=C(\C=C)P(c1ccccc1)c1ccc2c(c1)-c1ccccc1C21c2ccccc2-c2c1ccc1oc3ccccc3c21. The van der Waals surface area contributed by atoms with Crippen molar-refractivity contribution >= 4 is 40.5 Å². The molecular formula is C43H29OP. The van der Waals surface area contributed by atoms with E-state index in [0.29, 0.717) is 0 Å². The van der Waals surface area contributed by atoms with Gasteiger partial charge in [0.15, 0.2) is 0 Å². The number of fused-ring (bicyclic) bond motifs is 14. The highest BCUT2D eigenvalue weighted by molar-refractivity contribution is 7.77. The van der Waals surface area contributed by atoms with E-state index in [2.05, 4.69) is 147 Å². The zero-order valence-electron chi connectivity index (χ0n) is 24.7. The summed E-state index contributed by atoms with van der Waals surface area (Å²) in [5.41, 5.74) is 11.9. The molecule has 9 rings (SSSR count). The van der Waals surface area contributed by atoms with Gasteiger partial charge in [-0.25, -0.2) is 0 Å². The van der Waals surface area contributed by atoms with Gasteiger partial charge in [0.1, 0.15) is 11.2 Å². The summed E-state index contributed by atoms with van der Waals surface area (Å²) in [7, 11) is -0.823. The third kappa shape index (κ3) is 3.48. The monoisotopic (exact) mass is 592 g/mol. The van der Waals surface area contributed by atoms with Crippen LogP contribution in [0.2, 0.25) is 0 Å². The first-order chi connectivity index (χ1) is 22.3. The first-order valence-electron chi connectivity index (χ1n) is 15.3. The molecule has 6 aromatic carbocycles. The number of allylic oxidation sites excluding steroid dienone is 4. The molecule has 0 amide bonds. The molecule has 1 heterocycles. The van der Waals surface area contributed by atoms with Gasteiger partial charge in [-0.15, -0.1) is 0 Å². The molecule has 2 heteroatoms. The summed E-state index contributed by atoms with van der Waals surface area (Å²) in [6, 6.07) is 49.0. The summed E-state index contributed by atoms with van der Waals surface area (Å²) in [4.78, 5) is 0. The maximum atomic E-state index is 6.40. The van der Waals surface area contributed by atoms with Crippen LogP contribution in [-0.2, 0) is 5.41 Å². The minimum atomic E-state index is -0.823. The minimum Gasteiger partial charge on any atom is -0.456 e. The lowest BCUT2D eigenvalue weighted by molar-refractivity contribution is 0.668. The standard InChI is InChI=1S/C43H29OP/c1-3-14-28(4-2)45(29-15-6-5-7-16-29)30-23-24-37-34(27-30)31-17-8-11-20-35(31)43(37)36-21-12-9-18-32(36)41-38(43)25-26-40-42(41)33-19-10-13-22-39(33)44-40/h3-27H,1-2H2/b28-14+. The molecule has 45 heavy (non-hydrogen) atoms. The van der Waals surface area contributed by atoms with Crippen molar-refractivity contribution in [1.82, 2.24) is 0 Å². The molecule has 1 spiro atoms. The largest absolute Gasteiger partial charge is 0.456 e. The third-order valence-electron chi connectivity index (χ3n) is 9.60. The summed E-state index contributed by atoms with van der Waals surface area (Å²) in [6.07, 6.45) is 5.98. The van der Waals surface area contributed by atoms with Gasteiger partial charge in [0, 0.05) is 10.8 Å². The Labute approximate surface area is 264 Å². The predicted octanol–water partition coefficient (Wildman–Crippen LogP) is 10.6. The van der Waals surface area contributed by atoms with E-state index in [-0.39, 0.29) is 0 Å². The van der Waals surface area contributed by atoms with Crippen molar-refractivity contribution < 1.29 is 4.42 Å². The van der Waals surface area contributed by atoms with Crippen molar-refractivity contribution in [3.8, 4) is 22.3 Å². The van der Waals surface area contributed by atoms with E-state index in [0.717, 1.165) is 16.6 Å². The van der Waals surface area contributed by atoms with Gasteiger partial charge in [0.2, 0.25) is 0 Å². The van der Waals surface area contributed by atoms with Crippen molar-refractivity contribution in [3.05, 3.63) is 192 Å². The van der Waals surface area contributed by atoms with E-state index >= 15 is 0 Å². The topological polar surface area (TPSA) is 13.1 Å². The zero-order valence-corrected chi connectivity index (χ0v) is 25.6. The van der Waals surface area contributed by atoms with Gasteiger partial charge in [-0.05, 0) is 86.6 Å². The van der Waals surface area contributed by atoms with Gasteiger partial charge >= 0.3 is 0 Å². The van der Waals surface area contributed by atoms with Gasteiger partial charge in [-0.2, -0.15) is 0 Å². The molecule has 0 bridgehead atoms. The molecule has 0 N–H and O–H groups in total. The highest BCUT2D eigenvalue weighted by atomic mass is 31.1. The van der Waals surface area contributed by atoms with E-state index in [1.54, 1.807) is 0 Å². The molecule has 2 unspecified atom stereocenters. The first kappa shape index (κ1) is 26.2. The average Bonchev–Trinajstić information content (AvgIpc) is 3.72. The molecule has 1 nitrogen and oxygen atoms in total. The van der Waals surface area contributed by atoms with Crippen LogP contribution < -0.4 is 10.6 Å². The molecule has 0 saturated heterocycles. The Morgan fingerprint density at radius 2 is 1.24 bits per heavy atom. The van der Waals surface area contributed by atoms with Gasteiger partial charge < -0.3 is 4.42 Å². The van der Waals surface area contributed by atoms with Gasteiger partial charge in [-0.3, -0.25) is 0 Å². The molecule has 2 aliphatic carbocycles. The van der Waals surface area contributed by atoms with Gasteiger partial charge in [-0.1, -0.05) is 147 Å². The second kappa shape index (κ2) is 9.89. The van der Waals surface area contributed by atoms with E-state index in [1.165, 1.54) is 65.8 Å². The number of para-hydroxylation sites is 1. The van der Waals surface area contributed by atoms with E-state index in [9.17, 15) is 0 Å². The Morgan fingerprint density at radius 3 is 2.04 bits per heavy atom. The van der Waals surface area contributed by atoms with Crippen LogP contribution in [0.4, 0.5) is 0 Å². The lowest BCUT2D eigenvalue weighted by atomic mass is 9.70. The number of rotatable bonds is 5. The van der Waals surface area contributed by atoms with Crippen LogP contribution in [0.1, 0.15) is 22.3 Å². The summed E-state index contributed by atoms with van der Waals surface area (Å²) in [5.74, 6) is 0. The maximum absolute atomic E-state index is 6.40. The van der Waals surface area contributed by atoms with E-state index in [4.69, 9.17) is 4.42 Å². The highest BCUT2D eigenvalue weighted by Crippen LogP contribution is 2.64. The number of hydrogen-bond donors (Lipinski definition) is 0. The lowest BCUT2D eigenvalue weighted by Crippen LogP contribution is -2.26. The normalized spacial score (nSPS) is 16.8. The Hall–Kier alpha value is -5.23. The molecule has 0 aliphatic heterocycles. The zero-order chi connectivity index (χ0) is 30.1. The molecule has 0 radical (unpaired) electrons. The van der Waals surface area contributed by atoms with Crippen molar-refractivity contribution in [2.24, 2.45) is 0 Å². The van der Waals surface area contributed by atoms with Gasteiger partial charge in [0.05, 0.1) is 5.41 Å². The summed E-state index contributed by atoms with van der Waals surface area (Å²) in [5, 5.41) is 6.16. The quantitative estimate of drug-likeness (QED) is 0.143. The van der Waals surface area contributed by atoms with Crippen molar-refractivity contribution in [1.29, 1.82) is 0 Å². The molecule has 2 aliphatic rings. The molecule has 7 aromatic rings. The number of hydrogen-bond acceptors (Lipinski definition) is 1. The van der Waals surface area contributed by atoms with Crippen LogP contribution in [0.25, 0.3) is 44.2 Å². The Morgan fingerprint density at radius 1 is 0.578 bits per heavy atom. The second-order valence-electron chi connectivity index (χ2n) is 11.7. The van der Waals surface area contributed by atoms with E-state index < -0.39 is 13.3 Å². The van der Waals surface area contributed by atoms with Crippen molar-refractivity contribution in [2.75, 3.05) is 0 Å². The number of furan rings is 1. The third-order valence-corrected chi connectivity index (χ3v) is 12.1. The maximum Gasteiger partial charge on any atom is 0.136 e. The van der Waals surface area contributed by atoms with Gasteiger partial charge in [0.25, 0.3) is 0 Å². The molecule has 1 aromatic heterocycles. The smallest absolute Gasteiger partial charge is 0.136 e. The summed E-state index contributed by atoms with van der Waals surface area (Å²) < 4.78 is 6.40. The second-order valence-corrected chi connectivity index (χ2v) is 14.0. The predicted molar refractivity (Wildman–Crippen MR) is 191 cm³/mol. The van der Waals surface area contributed by atoms with Crippen LogP contribution in [0.15, 0.2) is 175 Å². The summed E-state index contributed by atoms with van der Waals surface area (Å²) >= 11 is 0. The average molecular weight is 593 g/mol. The van der Waals surface area contributed by atoms with Crippen LogP contribution in [0, 0.1) is 0 Å². The van der Waals surface area contributed by atoms with Crippen LogP contribution >= 0.6 is 7.92 Å². The first-order valence-corrected chi connectivity index (χ1v) is 16.7. The lowest BCUT2D eigenvalue weighted by Gasteiger charge is -2.30. The molecule has 2 atom stereocenters. The van der Waals surface area contributed by atoms with Crippen LogP contribution in [0.5, 0.6) is 0 Å². The highest BCUT2D eigenvalue weighted by Gasteiger charge is 2.52. The van der Waals surface area contributed by atoms with Crippen LogP contribution in [0.3, 0.4) is 0 Å².